The summed E-state index contributed by atoms with van der Waals surface area (Å²) in [5, 5.41) is 19.5. The van der Waals surface area contributed by atoms with Gasteiger partial charge in [0.15, 0.2) is 16.8 Å². The minimum absolute atomic E-state index is 0.0278. The smallest absolute Gasteiger partial charge is 0.352 e. The molecular weight excluding hydrogens is 540 g/mol. The summed E-state index contributed by atoms with van der Waals surface area (Å²) in [6.07, 6.45) is 2.96. The summed E-state index contributed by atoms with van der Waals surface area (Å²) in [6.45, 7) is 4.00. The van der Waals surface area contributed by atoms with Gasteiger partial charge in [-0.3, -0.25) is 9.59 Å². The molecule has 2 N–H and O–H groups in total. The summed E-state index contributed by atoms with van der Waals surface area (Å²) < 4.78 is 17.7. The van der Waals surface area contributed by atoms with Gasteiger partial charge in [0.05, 0.1) is 18.1 Å². The molecule has 0 radical (unpaired) electrons. The lowest BCUT2D eigenvalue weighted by Crippen LogP contribution is -2.61. The van der Waals surface area contributed by atoms with Crippen LogP contribution in [0, 0.1) is 12.8 Å². The number of aliphatic hydroxyl groups excluding tert-OH is 1. The van der Waals surface area contributed by atoms with E-state index in [1.165, 1.54) is 17.0 Å². The highest BCUT2D eigenvalue weighted by atomic mass is 16.5. The van der Waals surface area contributed by atoms with Crippen molar-refractivity contribution in [3.8, 4) is 23.0 Å². The molecule has 0 spiro atoms. The van der Waals surface area contributed by atoms with E-state index in [1.807, 2.05) is 31.2 Å². The number of amides is 1. The van der Waals surface area contributed by atoms with E-state index in [9.17, 15) is 24.6 Å². The molecule has 2 aromatic rings. The fourth-order valence-corrected chi connectivity index (χ4v) is 5.59. The topological polar surface area (TPSA) is 139 Å². The number of fused-ring (bicyclic) bond motifs is 3. The molecule has 3 heterocycles. The van der Waals surface area contributed by atoms with Crippen molar-refractivity contribution >= 4 is 23.0 Å². The number of nitrogens with zero attached hydrogens (tertiary/aromatic N) is 2. The highest BCUT2D eigenvalue weighted by Crippen LogP contribution is 2.44. The molecule has 1 amide bonds. The van der Waals surface area contributed by atoms with Crippen LogP contribution in [0.2, 0.25) is 0 Å². The third kappa shape index (κ3) is 5.01. The largest absolute Gasteiger partial charge is 0.489 e. The van der Waals surface area contributed by atoms with Crippen LogP contribution < -0.4 is 14.9 Å². The van der Waals surface area contributed by atoms with Crippen LogP contribution >= 0.6 is 0 Å². The Morgan fingerprint density at radius 2 is 1.98 bits per heavy atom. The number of benzene rings is 3. The van der Waals surface area contributed by atoms with Crippen molar-refractivity contribution in [2.45, 2.75) is 39.0 Å². The van der Waals surface area contributed by atoms with E-state index >= 15 is 0 Å². The van der Waals surface area contributed by atoms with Crippen LogP contribution in [0.5, 0.6) is 11.5 Å². The lowest BCUT2D eigenvalue weighted by molar-refractivity contribution is -0.161. The molecule has 3 aliphatic heterocycles. The molecule has 4 aliphatic rings. The van der Waals surface area contributed by atoms with Gasteiger partial charge < -0.3 is 29.0 Å². The van der Waals surface area contributed by atoms with E-state index in [1.54, 1.807) is 37.3 Å². The monoisotopic (exact) mass is 568 g/mol. The molecule has 6 rings (SSSR count). The number of ether oxygens (including phenoxy) is 2. The number of hydrogen-bond acceptors (Lipinski definition) is 8. The Bertz CT molecular complexity index is 1800. The molecule has 0 saturated carbocycles. The Morgan fingerprint density at radius 3 is 2.74 bits per heavy atom. The van der Waals surface area contributed by atoms with Crippen LogP contribution in [0.4, 0.5) is 0 Å². The van der Waals surface area contributed by atoms with Gasteiger partial charge in [0.1, 0.15) is 41.6 Å². The summed E-state index contributed by atoms with van der Waals surface area (Å²) in [5.41, 5.74) is 3.99. The lowest BCUT2D eigenvalue weighted by Gasteiger charge is -2.44. The van der Waals surface area contributed by atoms with Crippen molar-refractivity contribution in [1.82, 2.24) is 9.88 Å². The van der Waals surface area contributed by atoms with Gasteiger partial charge in [-0.25, -0.2) is 9.78 Å². The second kappa shape index (κ2) is 10.8. The van der Waals surface area contributed by atoms with Crippen molar-refractivity contribution in [3.05, 3.63) is 99.4 Å². The van der Waals surface area contributed by atoms with Crippen molar-refractivity contribution in [1.29, 1.82) is 0 Å². The zero-order chi connectivity index (χ0) is 29.5. The Hall–Kier alpha value is -4.96. The van der Waals surface area contributed by atoms with E-state index in [0.717, 1.165) is 11.1 Å². The lowest BCUT2D eigenvalue weighted by atomic mass is 9.83. The number of carbonyl (C=O) groups is 2. The first-order valence-electron chi connectivity index (χ1n) is 13.5. The van der Waals surface area contributed by atoms with Crippen LogP contribution in [0.25, 0.3) is 22.6 Å². The Morgan fingerprint density at radius 1 is 1.14 bits per heavy atom. The number of aromatic nitrogens is 1. The van der Waals surface area contributed by atoms with Gasteiger partial charge in [0, 0.05) is 12.1 Å². The fourth-order valence-electron chi connectivity index (χ4n) is 5.59. The molecule has 1 aliphatic carbocycles. The minimum atomic E-state index is -1.16. The average molecular weight is 569 g/mol. The summed E-state index contributed by atoms with van der Waals surface area (Å²) in [6, 6.07) is 15.3. The first-order chi connectivity index (χ1) is 20.2. The minimum Gasteiger partial charge on any atom is -0.489 e. The molecule has 0 aromatic heterocycles. The maximum Gasteiger partial charge on any atom is 0.352 e. The van der Waals surface area contributed by atoms with E-state index < -0.39 is 18.0 Å². The quantitative estimate of drug-likeness (QED) is 0.226. The SMILES string of the molecule is Cc1cc(COc2ccc3nc4ccc(=O)cc-4oc3c2)ccc1OC/C=C/C1=C(C(=O)O)N2C(=O)[C@H]([C@@H](C)O)[C@H]2C1. The molecular formula is C32H28N2O8. The van der Waals surface area contributed by atoms with Crippen LogP contribution in [-0.2, 0) is 16.2 Å². The predicted octanol–water partition coefficient (Wildman–Crippen LogP) is 4.07. The molecule has 10 heteroatoms. The second-order valence-corrected chi connectivity index (χ2v) is 10.5. The molecule has 10 nitrogen and oxygen atoms in total. The zero-order valence-electron chi connectivity index (χ0n) is 22.9. The summed E-state index contributed by atoms with van der Waals surface area (Å²) >= 11 is 0. The fraction of sp³-hybridized carbons (Fsp3) is 0.250. The van der Waals surface area contributed by atoms with Gasteiger partial charge in [0.2, 0.25) is 5.91 Å². The van der Waals surface area contributed by atoms with Gasteiger partial charge in [-0.1, -0.05) is 12.1 Å². The number of rotatable bonds is 9. The van der Waals surface area contributed by atoms with Gasteiger partial charge in [-0.2, -0.15) is 0 Å². The maximum atomic E-state index is 12.4. The molecule has 214 valence electrons. The number of hydrogen-bond donors (Lipinski definition) is 2. The average Bonchev–Trinajstić information content (AvgIpc) is 3.27. The molecule has 2 aromatic carbocycles. The molecule has 3 atom stereocenters. The first-order valence-corrected chi connectivity index (χ1v) is 13.5. The number of aryl methyl sites for hydroxylation is 1. The van der Waals surface area contributed by atoms with Crippen molar-refractivity contribution < 1.29 is 33.7 Å². The normalized spacial score (nSPS) is 18.9. The van der Waals surface area contributed by atoms with Gasteiger partial charge in [0.25, 0.3) is 0 Å². The first kappa shape index (κ1) is 27.2. The zero-order valence-corrected chi connectivity index (χ0v) is 22.9. The number of β-lactam (4-membered cyclic amide) rings is 1. The highest BCUT2D eigenvalue weighted by Gasteiger charge is 2.56. The second-order valence-electron chi connectivity index (χ2n) is 10.5. The van der Waals surface area contributed by atoms with Crippen LogP contribution in [0.1, 0.15) is 24.5 Å². The van der Waals surface area contributed by atoms with Crippen LogP contribution in [0.15, 0.2) is 87.2 Å². The predicted molar refractivity (Wildman–Crippen MR) is 152 cm³/mol. The molecule has 1 fully saturated rings. The summed E-state index contributed by atoms with van der Waals surface area (Å²) in [5.74, 6) is -0.399. The third-order valence-electron chi connectivity index (χ3n) is 7.59. The van der Waals surface area contributed by atoms with E-state index in [4.69, 9.17) is 13.9 Å². The van der Waals surface area contributed by atoms with Crippen molar-refractivity contribution in [2.75, 3.05) is 6.61 Å². The highest BCUT2D eigenvalue weighted by molar-refractivity contribution is 6.00. The van der Waals surface area contributed by atoms with Gasteiger partial charge in [-0.05, 0) is 79.4 Å². The number of carbonyl (C=O) groups excluding carboxylic acids is 1. The number of aliphatic carboxylic acids is 1. The summed E-state index contributed by atoms with van der Waals surface area (Å²) in [4.78, 5) is 41.6. The van der Waals surface area contributed by atoms with E-state index in [-0.39, 0.29) is 29.7 Å². The van der Waals surface area contributed by atoms with Crippen molar-refractivity contribution in [3.63, 3.8) is 0 Å². The Balaban J connectivity index is 1.07. The Kier molecular flexibility index (Phi) is 6.99. The third-order valence-corrected chi connectivity index (χ3v) is 7.59. The number of aliphatic hydroxyl groups is 1. The van der Waals surface area contributed by atoms with Crippen LogP contribution in [-0.4, -0.2) is 50.7 Å². The Labute approximate surface area is 240 Å². The molecule has 42 heavy (non-hydrogen) atoms. The van der Waals surface area contributed by atoms with Gasteiger partial charge in [-0.15, -0.1) is 0 Å². The van der Waals surface area contributed by atoms with Crippen LogP contribution in [0.3, 0.4) is 0 Å². The number of carboxylic acids is 1. The molecule has 0 bridgehead atoms. The number of allylic oxidation sites excluding steroid dienone is 1. The van der Waals surface area contributed by atoms with E-state index in [2.05, 4.69) is 4.98 Å². The molecule has 1 saturated heterocycles. The summed E-state index contributed by atoms with van der Waals surface area (Å²) in [7, 11) is 0. The number of carboxylic acid groups (broad SMARTS) is 1. The van der Waals surface area contributed by atoms with E-state index in [0.29, 0.717) is 52.7 Å². The van der Waals surface area contributed by atoms with Crippen molar-refractivity contribution in [2.24, 2.45) is 5.92 Å². The molecule has 0 unspecified atom stereocenters. The maximum absolute atomic E-state index is 12.4. The standard InChI is InChI=1S/C32H28N2O8/c1-17-12-19(16-41-22-7-9-24-28(15-22)42-27-14-21(36)6-8-23(27)33-24)5-10-26(17)40-11-3-4-20-13-25-29(18(2)35)31(37)34(25)30(20)32(38)39/h3-10,12,14-15,18,25,29,35H,11,13,16H2,1-2H3,(H,38,39)/b4-3+/t18-,25-,29-/m1/s1. The van der Waals surface area contributed by atoms with Gasteiger partial charge >= 0.3 is 5.97 Å².